The van der Waals surface area contributed by atoms with Gasteiger partial charge in [-0.2, -0.15) is 0 Å². The molecule has 80 valence electrons. The first-order valence-electron chi connectivity index (χ1n) is 5.58. The number of carbonyl (C=O) groups is 1. The molecule has 0 aromatic rings. The van der Waals surface area contributed by atoms with E-state index in [1.807, 2.05) is 0 Å². The minimum Gasteiger partial charge on any atom is -0.352 e. The Labute approximate surface area is 84.8 Å². The molecule has 2 rings (SSSR count). The summed E-state index contributed by atoms with van der Waals surface area (Å²) in [6, 6.07) is 0.358. The quantitative estimate of drug-likeness (QED) is 0.557. The first-order valence-corrected chi connectivity index (χ1v) is 5.58. The van der Waals surface area contributed by atoms with Crippen LogP contribution in [0, 0.1) is 5.92 Å². The molecule has 2 fully saturated rings. The fraction of sp³-hybridized carbons (Fsp3) is 0.900. The molecule has 1 amide bonds. The Bertz CT molecular complexity index is 196. The van der Waals surface area contributed by atoms with Crippen LogP contribution < -0.4 is 16.0 Å². The van der Waals surface area contributed by atoms with Crippen LogP contribution in [0.15, 0.2) is 0 Å². The minimum atomic E-state index is 0.205. The maximum Gasteiger partial charge on any atom is 0.224 e. The van der Waals surface area contributed by atoms with Gasteiger partial charge in [0.2, 0.25) is 5.91 Å². The van der Waals surface area contributed by atoms with Crippen molar-refractivity contribution >= 4 is 5.91 Å². The molecule has 0 saturated carbocycles. The Kier molecular flexibility index (Phi) is 3.37. The Balaban J connectivity index is 1.75. The second-order valence-corrected chi connectivity index (χ2v) is 4.24. The fourth-order valence-electron chi connectivity index (χ4n) is 2.17. The maximum absolute atomic E-state index is 11.7. The summed E-state index contributed by atoms with van der Waals surface area (Å²) in [6.07, 6.45) is 3.29. The van der Waals surface area contributed by atoms with Crippen molar-refractivity contribution < 1.29 is 4.79 Å². The van der Waals surface area contributed by atoms with Crippen molar-refractivity contribution in [3.8, 4) is 0 Å². The van der Waals surface area contributed by atoms with E-state index in [9.17, 15) is 4.79 Å². The molecule has 0 spiro atoms. The van der Waals surface area contributed by atoms with E-state index in [1.54, 1.807) is 0 Å². The highest BCUT2D eigenvalue weighted by atomic mass is 16.2. The molecule has 0 aliphatic carbocycles. The zero-order valence-electron chi connectivity index (χ0n) is 8.51. The van der Waals surface area contributed by atoms with Crippen LogP contribution in [0.25, 0.3) is 0 Å². The summed E-state index contributed by atoms with van der Waals surface area (Å²) in [4.78, 5) is 11.7. The SMILES string of the molecule is O=C(N[C@@H]1CCCNC1)[C@@H]1CCNC1. The lowest BCUT2D eigenvalue weighted by Crippen LogP contribution is -2.47. The third-order valence-electron chi connectivity index (χ3n) is 3.07. The van der Waals surface area contributed by atoms with Crippen molar-refractivity contribution in [3.63, 3.8) is 0 Å². The molecule has 0 bridgehead atoms. The Morgan fingerprint density at radius 3 is 2.64 bits per heavy atom. The van der Waals surface area contributed by atoms with Gasteiger partial charge in [0, 0.05) is 19.1 Å². The van der Waals surface area contributed by atoms with Crippen LogP contribution in [-0.4, -0.2) is 38.1 Å². The highest BCUT2D eigenvalue weighted by Gasteiger charge is 2.24. The van der Waals surface area contributed by atoms with Crippen LogP contribution in [0.4, 0.5) is 0 Å². The molecule has 0 radical (unpaired) electrons. The Morgan fingerprint density at radius 1 is 1.14 bits per heavy atom. The van der Waals surface area contributed by atoms with Gasteiger partial charge in [-0.25, -0.2) is 0 Å². The van der Waals surface area contributed by atoms with Crippen LogP contribution in [0.3, 0.4) is 0 Å². The lowest BCUT2D eigenvalue weighted by atomic mass is 10.0. The van der Waals surface area contributed by atoms with E-state index in [0.29, 0.717) is 6.04 Å². The first-order chi connectivity index (χ1) is 6.86. The zero-order chi connectivity index (χ0) is 9.80. The molecule has 2 aliphatic heterocycles. The summed E-state index contributed by atoms with van der Waals surface area (Å²) >= 11 is 0. The number of amides is 1. The molecule has 4 nitrogen and oxygen atoms in total. The summed E-state index contributed by atoms with van der Waals surface area (Å²) in [5.74, 6) is 0.445. The predicted molar refractivity (Wildman–Crippen MR) is 55.0 cm³/mol. The number of rotatable bonds is 2. The van der Waals surface area contributed by atoms with E-state index in [4.69, 9.17) is 0 Å². The predicted octanol–water partition coefficient (Wildman–Crippen LogP) is -0.536. The van der Waals surface area contributed by atoms with Gasteiger partial charge in [0.05, 0.1) is 5.92 Å². The zero-order valence-corrected chi connectivity index (χ0v) is 8.51. The van der Waals surface area contributed by atoms with Crippen molar-refractivity contribution in [1.29, 1.82) is 0 Å². The van der Waals surface area contributed by atoms with E-state index in [-0.39, 0.29) is 11.8 Å². The summed E-state index contributed by atoms with van der Waals surface area (Å²) in [6.45, 7) is 3.87. The van der Waals surface area contributed by atoms with Gasteiger partial charge in [-0.15, -0.1) is 0 Å². The maximum atomic E-state index is 11.7. The minimum absolute atomic E-state index is 0.205. The topological polar surface area (TPSA) is 53.2 Å². The largest absolute Gasteiger partial charge is 0.352 e. The molecular formula is C10H19N3O. The molecule has 2 aliphatic rings. The van der Waals surface area contributed by atoms with E-state index in [2.05, 4.69) is 16.0 Å². The Hall–Kier alpha value is -0.610. The number of nitrogens with one attached hydrogen (secondary N) is 3. The smallest absolute Gasteiger partial charge is 0.224 e. The van der Waals surface area contributed by atoms with Gasteiger partial charge in [-0.05, 0) is 32.4 Å². The molecule has 4 heteroatoms. The van der Waals surface area contributed by atoms with Gasteiger partial charge >= 0.3 is 0 Å². The van der Waals surface area contributed by atoms with E-state index >= 15 is 0 Å². The summed E-state index contributed by atoms with van der Waals surface area (Å²) < 4.78 is 0. The Morgan fingerprint density at radius 2 is 2.00 bits per heavy atom. The summed E-state index contributed by atoms with van der Waals surface area (Å²) in [7, 11) is 0. The highest BCUT2D eigenvalue weighted by Crippen LogP contribution is 2.09. The fourth-order valence-corrected chi connectivity index (χ4v) is 2.17. The van der Waals surface area contributed by atoms with Gasteiger partial charge in [0.15, 0.2) is 0 Å². The van der Waals surface area contributed by atoms with Crippen molar-refractivity contribution in [3.05, 3.63) is 0 Å². The average Bonchev–Trinajstić information content (AvgIpc) is 2.72. The molecule has 2 saturated heterocycles. The van der Waals surface area contributed by atoms with Crippen LogP contribution in [0.5, 0.6) is 0 Å². The van der Waals surface area contributed by atoms with Gasteiger partial charge in [-0.3, -0.25) is 4.79 Å². The van der Waals surface area contributed by atoms with Gasteiger partial charge in [0.25, 0.3) is 0 Å². The highest BCUT2D eigenvalue weighted by molar-refractivity contribution is 5.79. The van der Waals surface area contributed by atoms with Crippen LogP contribution in [0.2, 0.25) is 0 Å². The molecular weight excluding hydrogens is 178 g/mol. The third-order valence-corrected chi connectivity index (χ3v) is 3.07. The van der Waals surface area contributed by atoms with Crippen molar-refractivity contribution in [2.45, 2.75) is 25.3 Å². The normalized spacial score (nSPS) is 32.9. The van der Waals surface area contributed by atoms with Crippen molar-refractivity contribution in [2.24, 2.45) is 5.92 Å². The number of piperidine rings is 1. The van der Waals surface area contributed by atoms with Crippen molar-refractivity contribution in [2.75, 3.05) is 26.2 Å². The second kappa shape index (κ2) is 4.75. The monoisotopic (exact) mass is 197 g/mol. The summed E-state index contributed by atoms with van der Waals surface area (Å²) in [5, 5.41) is 9.63. The van der Waals surface area contributed by atoms with Crippen LogP contribution >= 0.6 is 0 Å². The number of carbonyl (C=O) groups excluding carboxylic acids is 1. The average molecular weight is 197 g/mol. The summed E-state index contributed by atoms with van der Waals surface area (Å²) in [5.41, 5.74) is 0. The molecule has 0 aromatic heterocycles. The lowest BCUT2D eigenvalue weighted by Gasteiger charge is -2.25. The van der Waals surface area contributed by atoms with E-state index in [1.165, 1.54) is 6.42 Å². The first kappa shape index (κ1) is 9.93. The molecule has 0 aromatic carbocycles. The third kappa shape index (κ3) is 2.45. The second-order valence-electron chi connectivity index (χ2n) is 4.24. The molecule has 2 heterocycles. The van der Waals surface area contributed by atoms with Gasteiger partial charge < -0.3 is 16.0 Å². The van der Waals surface area contributed by atoms with Gasteiger partial charge in [-0.1, -0.05) is 0 Å². The number of hydrogen-bond donors (Lipinski definition) is 3. The molecule has 2 atom stereocenters. The lowest BCUT2D eigenvalue weighted by molar-refractivity contribution is -0.125. The number of hydrogen-bond acceptors (Lipinski definition) is 3. The molecule has 14 heavy (non-hydrogen) atoms. The molecule has 3 N–H and O–H groups in total. The standard InChI is InChI=1S/C10H19N3O/c14-10(8-3-5-12-6-8)13-9-2-1-4-11-7-9/h8-9,11-12H,1-7H2,(H,13,14)/t8-,9-/m1/s1. The van der Waals surface area contributed by atoms with Crippen molar-refractivity contribution in [1.82, 2.24) is 16.0 Å². The molecule has 0 unspecified atom stereocenters. The van der Waals surface area contributed by atoms with Crippen LogP contribution in [-0.2, 0) is 4.79 Å². The van der Waals surface area contributed by atoms with Crippen LogP contribution in [0.1, 0.15) is 19.3 Å². The van der Waals surface area contributed by atoms with E-state index < -0.39 is 0 Å². The van der Waals surface area contributed by atoms with E-state index in [0.717, 1.165) is 39.0 Å². The van der Waals surface area contributed by atoms with Gasteiger partial charge in [0.1, 0.15) is 0 Å².